The fourth-order valence-corrected chi connectivity index (χ4v) is 1.02. The second kappa shape index (κ2) is 5.21. The molecule has 0 saturated carbocycles. The SMILES string of the molecule is CC(=O)CNC(=O)OC1C=CC=CC1. The molecule has 1 N–H and O–H groups in total. The number of rotatable bonds is 3. The van der Waals surface area contributed by atoms with Gasteiger partial charge in [0, 0.05) is 6.42 Å². The zero-order valence-electron chi connectivity index (χ0n) is 8.03. The molecule has 0 aromatic heterocycles. The number of hydrogen-bond acceptors (Lipinski definition) is 3. The van der Waals surface area contributed by atoms with Crippen LogP contribution in [0.2, 0.25) is 0 Å². The molecule has 0 heterocycles. The van der Waals surface area contributed by atoms with E-state index in [4.69, 9.17) is 4.74 Å². The quantitative estimate of drug-likeness (QED) is 0.735. The maximum absolute atomic E-state index is 11.1. The van der Waals surface area contributed by atoms with Gasteiger partial charge in [0.1, 0.15) is 11.9 Å². The number of carbonyl (C=O) groups excluding carboxylic acids is 2. The van der Waals surface area contributed by atoms with Crippen molar-refractivity contribution in [3.8, 4) is 0 Å². The zero-order valence-corrected chi connectivity index (χ0v) is 8.03. The molecule has 0 bridgehead atoms. The van der Waals surface area contributed by atoms with Crippen LogP contribution in [0.3, 0.4) is 0 Å². The summed E-state index contributed by atoms with van der Waals surface area (Å²) >= 11 is 0. The molecule has 1 unspecified atom stereocenters. The van der Waals surface area contributed by atoms with Gasteiger partial charge in [-0.1, -0.05) is 18.2 Å². The Labute approximate surface area is 82.6 Å². The summed E-state index contributed by atoms with van der Waals surface area (Å²) in [5, 5.41) is 2.36. The molecule has 0 aromatic rings. The van der Waals surface area contributed by atoms with Gasteiger partial charge in [0.25, 0.3) is 0 Å². The summed E-state index contributed by atoms with van der Waals surface area (Å²) < 4.78 is 5.00. The lowest BCUT2D eigenvalue weighted by Gasteiger charge is -2.14. The molecule has 1 aliphatic carbocycles. The fourth-order valence-electron chi connectivity index (χ4n) is 1.02. The number of carbonyl (C=O) groups is 2. The Morgan fingerprint density at radius 2 is 2.29 bits per heavy atom. The molecule has 4 nitrogen and oxygen atoms in total. The smallest absolute Gasteiger partial charge is 0.408 e. The van der Waals surface area contributed by atoms with Crippen molar-refractivity contribution < 1.29 is 14.3 Å². The molecule has 0 saturated heterocycles. The highest BCUT2D eigenvalue weighted by Crippen LogP contribution is 2.06. The number of ether oxygens (including phenoxy) is 1. The van der Waals surface area contributed by atoms with Crippen LogP contribution in [0, 0.1) is 0 Å². The Kier molecular flexibility index (Phi) is 3.91. The first-order valence-electron chi connectivity index (χ1n) is 4.46. The monoisotopic (exact) mass is 195 g/mol. The Balaban J connectivity index is 2.23. The van der Waals surface area contributed by atoms with E-state index in [0.717, 1.165) is 0 Å². The third kappa shape index (κ3) is 3.89. The van der Waals surface area contributed by atoms with Gasteiger partial charge in [0.15, 0.2) is 0 Å². The number of nitrogens with one attached hydrogen (secondary N) is 1. The highest BCUT2D eigenvalue weighted by molar-refractivity contribution is 5.81. The van der Waals surface area contributed by atoms with E-state index in [2.05, 4.69) is 5.32 Å². The average molecular weight is 195 g/mol. The van der Waals surface area contributed by atoms with Gasteiger partial charge in [-0.25, -0.2) is 4.79 Å². The topological polar surface area (TPSA) is 55.4 Å². The predicted molar refractivity (Wildman–Crippen MR) is 51.8 cm³/mol. The van der Waals surface area contributed by atoms with Crippen LogP contribution in [0.5, 0.6) is 0 Å². The van der Waals surface area contributed by atoms with E-state index in [1.165, 1.54) is 6.92 Å². The van der Waals surface area contributed by atoms with Crippen molar-refractivity contribution in [2.75, 3.05) is 6.54 Å². The third-order valence-corrected chi connectivity index (χ3v) is 1.68. The number of ketones is 1. The van der Waals surface area contributed by atoms with E-state index in [0.29, 0.717) is 6.42 Å². The minimum atomic E-state index is -0.551. The molecule has 1 amide bonds. The summed E-state index contributed by atoms with van der Waals surface area (Å²) in [6.07, 6.45) is 7.36. The minimum Gasteiger partial charge on any atom is -0.442 e. The van der Waals surface area contributed by atoms with Crippen LogP contribution in [0.1, 0.15) is 13.3 Å². The maximum atomic E-state index is 11.1. The largest absolute Gasteiger partial charge is 0.442 e. The standard InChI is InChI=1S/C10H13NO3/c1-8(12)7-11-10(13)14-9-5-3-2-4-6-9/h2-5,9H,6-7H2,1H3,(H,11,13). The van der Waals surface area contributed by atoms with E-state index in [9.17, 15) is 9.59 Å². The summed E-state index contributed by atoms with van der Waals surface area (Å²) in [5.41, 5.74) is 0. The fraction of sp³-hybridized carbons (Fsp3) is 0.400. The molecule has 14 heavy (non-hydrogen) atoms. The first-order valence-corrected chi connectivity index (χ1v) is 4.46. The number of allylic oxidation sites excluding steroid dienone is 2. The Morgan fingerprint density at radius 1 is 1.50 bits per heavy atom. The first-order chi connectivity index (χ1) is 6.68. The van der Waals surface area contributed by atoms with Gasteiger partial charge in [-0.2, -0.15) is 0 Å². The van der Waals surface area contributed by atoms with Gasteiger partial charge in [0.05, 0.1) is 6.54 Å². The Morgan fingerprint density at radius 3 is 2.86 bits per heavy atom. The summed E-state index contributed by atoms with van der Waals surface area (Å²) in [4.78, 5) is 21.6. The number of Topliss-reactive ketones (excluding diaryl/α,β-unsaturated/α-hetero) is 1. The highest BCUT2D eigenvalue weighted by Gasteiger charge is 2.11. The first kappa shape index (κ1) is 10.5. The molecule has 1 atom stereocenters. The molecule has 1 aliphatic rings. The molecule has 1 rings (SSSR count). The van der Waals surface area contributed by atoms with Gasteiger partial charge in [-0.05, 0) is 13.0 Å². The van der Waals surface area contributed by atoms with Crippen LogP contribution < -0.4 is 5.32 Å². The van der Waals surface area contributed by atoms with Crippen LogP contribution in [-0.4, -0.2) is 24.5 Å². The normalized spacial score (nSPS) is 19.1. The lowest BCUT2D eigenvalue weighted by Crippen LogP contribution is -2.31. The lowest BCUT2D eigenvalue weighted by atomic mass is 10.1. The highest BCUT2D eigenvalue weighted by atomic mass is 16.6. The van der Waals surface area contributed by atoms with Crippen LogP contribution in [0.4, 0.5) is 4.79 Å². The average Bonchev–Trinajstić information content (AvgIpc) is 2.16. The predicted octanol–water partition coefficient (Wildman–Crippen LogP) is 1.19. The van der Waals surface area contributed by atoms with E-state index in [1.807, 2.05) is 18.2 Å². The number of amides is 1. The molecule has 0 radical (unpaired) electrons. The van der Waals surface area contributed by atoms with Crippen molar-refractivity contribution in [3.05, 3.63) is 24.3 Å². The molecule has 76 valence electrons. The maximum Gasteiger partial charge on any atom is 0.408 e. The molecule has 0 aliphatic heterocycles. The molecule has 0 fully saturated rings. The van der Waals surface area contributed by atoms with Crippen molar-refractivity contribution in [2.24, 2.45) is 0 Å². The van der Waals surface area contributed by atoms with Gasteiger partial charge in [-0.3, -0.25) is 4.79 Å². The second-order valence-electron chi connectivity index (χ2n) is 3.05. The second-order valence-corrected chi connectivity index (χ2v) is 3.05. The van der Waals surface area contributed by atoms with Crippen molar-refractivity contribution in [1.82, 2.24) is 5.32 Å². The summed E-state index contributed by atoms with van der Waals surface area (Å²) in [6.45, 7) is 1.43. The molecular formula is C10H13NO3. The Bertz CT molecular complexity index is 281. The molecular weight excluding hydrogens is 182 g/mol. The van der Waals surface area contributed by atoms with Gasteiger partial charge >= 0.3 is 6.09 Å². The van der Waals surface area contributed by atoms with Crippen LogP contribution in [-0.2, 0) is 9.53 Å². The van der Waals surface area contributed by atoms with Crippen molar-refractivity contribution >= 4 is 11.9 Å². The lowest BCUT2D eigenvalue weighted by molar-refractivity contribution is -0.116. The molecule has 0 spiro atoms. The summed E-state index contributed by atoms with van der Waals surface area (Å²) in [6, 6.07) is 0. The Hall–Kier alpha value is -1.58. The molecule has 4 heteroatoms. The molecule has 0 aromatic carbocycles. The minimum absolute atomic E-state index is 0.0190. The van der Waals surface area contributed by atoms with E-state index < -0.39 is 6.09 Å². The van der Waals surface area contributed by atoms with Gasteiger partial charge in [0.2, 0.25) is 0 Å². The number of hydrogen-bond donors (Lipinski definition) is 1. The van der Waals surface area contributed by atoms with Crippen molar-refractivity contribution in [3.63, 3.8) is 0 Å². The van der Waals surface area contributed by atoms with Crippen molar-refractivity contribution in [2.45, 2.75) is 19.4 Å². The third-order valence-electron chi connectivity index (χ3n) is 1.68. The van der Waals surface area contributed by atoms with Crippen LogP contribution in [0.25, 0.3) is 0 Å². The van der Waals surface area contributed by atoms with E-state index in [1.54, 1.807) is 6.08 Å². The van der Waals surface area contributed by atoms with Crippen molar-refractivity contribution in [1.29, 1.82) is 0 Å². The van der Waals surface area contributed by atoms with Crippen LogP contribution in [0.15, 0.2) is 24.3 Å². The van der Waals surface area contributed by atoms with Gasteiger partial charge in [-0.15, -0.1) is 0 Å². The zero-order chi connectivity index (χ0) is 10.4. The summed E-state index contributed by atoms with van der Waals surface area (Å²) in [7, 11) is 0. The summed E-state index contributed by atoms with van der Waals surface area (Å²) in [5.74, 6) is -0.0963. The van der Waals surface area contributed by atoms with E-state index in [-0.39, 0.29) is 18.4 Å². The van der Waals surface area contributed by atoms with Crippen LogP contribution >= 0.6 is 0 Å². The van der Waals surface area contributed by atoms with E-state index >= 15 is 0 Å². The number of alkyl carbamates (subject to hydrolysis) is 1. The van der Waals surface area contributed by atoms with Gasteiger partial charge < -0.3 is 10.1 Å².